The fraction of sp³-hybridized carbons (Fsp3) is 0.409. The number of carboxylic acid groups (broad SMARTS) is 1. The molecule has 0 bridgehead atoms. The summed E-state index contributed by atoms with van der Waals surface area (Å²) in [5.74, 6) is -2.70. The molecule has 0 saturated heterocycles. The number of nitrogens with one attached hydrogen (secondary N) is 1. The van der Waals surface area contributed by atoms with Crippen molar-refractivity contribution in [3.05, 3.63) is 51.4 Å². The van der Waals surface area contributed by atoms with E-state index in [4.69, 9.17) is 4.74 Å². The molecule has 0 unspecified atom stereocenters. The van der Waals surface area contributed by atoms with Gasteiger partial charge in [0.25, 0.3) is 0 Å². The maximum Gasteiger partial charge on any atom is 0.341 e. The number of carbonyl (C=O) groups is 1. The zero-order valence-electron chi connectivity index (χ0n) is 18.0. The lowest BCUT2D eigenvalue weighted by Gasteiger charge is -2.24. The number of fused-ring (bicyclic) bond motifs is 1. The van der Waals surface area contributed by atoms with E-state index in [1.54, 1.807) is 0 Å². The zero-order chi connectivity index (χ0) is 23.6. The highest BCUT2D eigenvalue weighted by Crippen LogP contribution is 2.31. The van der Waals surface area contributed by atoms with Crippen molar-refractivity contribution >= 4 is 22.7 Å². The molecule has 32 heavy (non-hydrogen) atoms. The van der Waals surface area contributed by atoms with Crippen LogP contribution < -0.4 is 15.5 Å². The third kappa shape index (κ3) is 4.36. The van der Waals surface area contributed by atoms with E-state index >= 15 is 0 Å². The molecule has 0 spiro atoms. The molecule has 172 valence electrons. The second kappa shape index (κ2) is 9.47. The van der Waals surface area contributed by atoms with Gasteiger partial charge in [-0.2, -0.15) is 4.98 Å². The van der Waals surface area contributed by atoms with Crippen LogP contribution in [0.15, 0.2) is 40.4 Å². The Kier molecular flexibility index (Phi) is 6.93. The first kappa shape index (κ1) is 23.4. The summed E-state index contributed by atoms with van der Waals surface area (Å²) in [4.78, 5) is 28.9. The number of hydrogen-bond acceptors (Lipinski definition) is 6. The molecule has 0 fully saturated rings. The Labute approximate surface area is 182 Å². The van der Waals surface area contributed by atoms with Crippen molar-refractivity contribution in [2.45, 2.75) is 32.7 Å². The summed E-state index contributed by atoms with van der Waals surface area (Å²) >= 11 is 0. The lowest BCUT2D eigenvalue weighted by Crippen LogP contribution is -2.26. The number of rotatable bonds is 8. The fourth-order valence-corrected chi connectivity index (χ4v) is 3.66. The second-order valence-corrected chi connectivity index (χ2v) is 7.82. The molecule has 1 aliphatic rings. The van der Waals surface area contributed by atoms with Crippen LogP contribution in [-0.4, -0.2) is 46.0 Å². The van der Waals surface area contributed by atoms with Gasteiger partial charge in [0.05, 0.1) is 30.8 Å². The van der Waals surface area contributed by atoms with Gasteiger partial charge in [-0.05, 0) is 24.5 Å². The average Bonchev–Trinajstić information content (AvgIpc) is 2.74. The fourth-order valence-electron chi connectivity index (χ4n) is 3.66. The highest BCUT2D eigenvalue weighted by molar-refractivity contribution is 5.93. The molecule has 2 heterocycles. The van der Waals surface area contributed by atoms with Crippen molar-refractivity contribution in [3.63, 3.8) is 0 Å². The van der Waals surface area contributed by atoms with Crippen molar-refractivity contribution in [1.82, 2.24) is 9.55 Å². The van der Waals surface area contributed by atoms with Gasteiger partial charge in [-0.25, -0.2) is 13.6 Å². The number of aliphatic hydroxyl groups excluding tert-OH is 1. The molecule has 0 amide bonds. The van der Waals surface area contributed by atoms with E-state index in [0.717, 1.165) is 6.20 Å². The molecule has 0 saturated carbocycles. The average molecular weight is 449 g/mol. The van der Waals surface area contributed by atoms with Crippen LogP contribution in [-0.2, 0) is 0 Å². The van der Waals surface area contributed by atoms with Gasteiger partial charge in [0.2, 0.25) is 11.3 Å². The maximum absolute atomic E-state index is 14.1. The number of halogens is 2. The Hall–Kier alpha value is -3.27. The van der Waals surface area contributed by atoms with Crippen molar-refractivity contribution < 1.29 is 28.5 Å². The minimum Gasteiger partial charge on any atom is -0.479 e. The number of methoxy groups -OCH3 is 1. The molecule has 0 aromatic carbocycles. The summed E-state index contributed by atoms with van der Waals surface area (Å²) in [6.45, 7) is 3.16. The van der Waals surface area contributed by atoms with E-state index < -0.39 is 34.7 Å². The quantitative estimate of drug-likeness (QED) is 0.565. The van der Waals surface area contributed by atoms with E-state index in [-0.39, 0.29) is 60.1 Å². The molecule has 3 N–H and O–H groups in total. The van der Waals surface area contributed by atoms with Crippen LogP contribution in [0.1, 0.15) is 43.1 Å². The summed E-state index contributed by atoms with van der Waals surface area (Å²) in [5.41, 5.74) is -1.07. The number of carboxylic acids is 1. The van der Waals surface area contributed by atoms with Gasteiger partial charge in [0, 0.05) is 24.7 Å². The van der Waals surface area contributed by atoms with Crippen LogP contribution in [0.4, 0.5) is 14.5 Å². The minimum absolute atomic E-state index is 0.0265. The van der Waals surface area contributed by atoms with Crippen LogP contribution in [0.3, 0.4) is 0 Å². The molecule has 3 rings (SSSR count). The number of ether oxygens (including phenoxy) is 1. The van der Waals surface area contributed by atoms with E-state index in [9.17, 15) is 28.6 Å². The standard InChI is InChI=1S/C22H25F2N3O5/c1-11(2)18(10-28)27-9-14(22(30)31)19(29)12-7-17(21(32-3)26-20(12)27)25-8-13-15(23)5-4-6-16(13)24/h5,7,9,11,18,25,28H,4,6,8,10H2,1-3H3,(H,30,31)/t18-/m1/s1. The van der Waals surface area contributed by atoms with Crippen molar-refractivity contribution in [3.8, 4) is 5.88 Å². The van der Waals surface area contributed by atoms with Gasteiger partial charge in [-0.1, -0.05) is 13.8 Å². The number of hydrogen-bond donors (Lipinski definition) is 3. The maximum atomic E-state index is 14.1. The van der Waals surface area contributed by atoms with Gasteiger partial charge < -0.3 is 24.8 Å². The first-order valence-corrected chi connectivity index (χ1v) is 10.1. The van der Waals surface area contributed by atoms with Gasteiger partial charge in [-0.15, -0.1) is 0 Å². The first-order valence-electron chi connectivity index (χ1n) is 10.1. The van der Waals surface area contributed by atoms with Gasteiger partial charge in [0.1, 0.15) is 22.9 Å². The van der Waals surface area contributed by atoms with Crippen molar-refractivity contribution in [1.29, 1.82) is 0 Å². The number of anilines is 1. The minimum atomic E-state index is -1.42. The predicted octanol–water partition coefficient (Wildman–Crippen LogP) is 3.58. The molecular weight excluding hydrogens is 424 g/mol. The Morgan fingerprint density at radius 3 is 2.66 bits per heavy atom. The molecular formula is C22H25F2N3O5. The first-order chi connectivity index (χ1) is 15.2. The van der Waals surface area contributed by atoms with Crippen LogP contribution >= 0.6 is 0 Å². The molecule has 1 aliphatic carbocycles. The summed E-state index contributed by atoms with van der Waals surface area (Å²) in [6, 6.07) is 0.803. The number of allylic oxidation sites excluding steroid dienone is 2. The normalized spacial score (nSPS) is 15.2. The topological polar surface area (TPSA) is 114 Å². The summed E-state index contributed by atoms with van der Waals surface area (Å²) in [6.07, 6.45) is 2.84. The zero-order valence-corrected chi connectivity index (χ0v) is 18.0. The molecule has 0 aliphatic heterocycles. The highest BCUT2D eigenvalue weighted by atomic mass is 19.1. The van der Waals surface area contributed by atoms with E-state index in [1.807, 2.05) is 13.8 Å². The monoisotopic (exact) mass is 449 g/mol. The van der Waals surface area contributed by atoms with Crippen LogP contribution in [0, 0.1) is 5.92 Å². The lowest BCUT2D eigenvalue weighted by atomic mass is 10.0. The number of pyridine rings is 2. The van der Waals surface area contributed by atoms with E-state index in [2.05, 4.69) is 10.3 Å². The van der Waals surface area contributed by atoms with Crippen molar-refractivity contribution in [2.75, 3.05) is 25.6 Å². The second-order valence-electron chi connectivity index (χ2n) is 7.82. The molecule has 2 aromatic heterocycles. The Balaban J connectivity index is 2.18. The molecule has 8 nitrogen and oxygen atoms in total. The molecule has 2 aromatic rings. The Bertz CT molecular complexity index is 1170. The number of nitrogens with zero attached hydrogens (tertiary/aromatic N) is 2. The largest absolute Gasteiger partial charge is 0.479 e. The Morgan fingerprint density at radius 2 is 2.09 bits per heavy atom. The molecule has 1 atom stereocenters. The van der Waals surface area contributed by atoms with Crippen LogP contribution in [0.5, 0.6) is 5.88 Å². The number of aliphatic hydroxyl groups is 1. The molecule has 0 radical (unpaired) electrons. The summed E-state index contributed by atoms with van der Waals surface area (Å²) < 4.78 is 34.9. The predicted molar refractivity (Wildman–Crippen MR) is 116 cm³/mol. The summed E-state index contributed by atoms with van der Waals surface area (Å²) in [7, 11) is 1.35. The SMILES string of the molecule is COc1nc2c(cc1NCC1=C(F)CCC=C1F)c(=O)c(C(=O)O)cn2[C@H](CO)C(C)C. The highest BCUT2D eigenvalue weighted by Gasteiger charge is 2.24. The smallest absolute Gasteiger partial charge is 0.341 e. The Morgan fingerprint density at radius 1 is 1.38 bits per heavy atom. The summed E-state index contributed by atoms with van der Waals surface area (Å²) in [5, 5.41) is 22.2. The number of aromatic carboxylic acids is 1. The van der Waals surface area contributed by atoms with E-state index in [1.165, 1.54) is 23.8 Å². The van der Waals surface area contributed by atoms with Crippen LogP contribution in [0.25, 0.3) is 11.0 Å². The van der Waals surface area contributed by atoms with Gasteiger partial charge in [-0.3, -0.25) is 4.79 Å². The lowest BCUT2D eigenvalue weighted by molar-refractivity contribution is 0.0694. The van der Waals surface area contributed by atoms with Crippen LogP contribution in [0.2, 0.25) is 0 Å². The van der Waals surface area contributed by atoms with Gasteiger partial charge >= 0.3 is 5.97 Å². The number of aromatic nitrogens is 2. The third-order valence-corrected chi connectivity index (χ3v) is 5.47. The van der Waals surface area contributed by atoms with Gasteiger partial charge in [0.15, 0.2) is 0 Å². The van der Waals surface area contributed by atoms with Crippen molar-refractivity contribution in [2.24, 2.45) is 5.92 Å². The third-order valence-electron chi connectivity index (χ3n) is 5.47. The van der Waals surface area contributed by atoms with E-state index in [0.29, 0.717) is 0 Å². The molecule has 10 heteroatoms.